The zero-order valence-electron chi connectivity index (χ0n) is 9.26. The van der Waals surface area contributed by atoms with Gasteiger partial charge >= 0.3 is 0 Å². The Morgan fingerprint density at radius 1 is 1.33 bits per heavy atom. The average Bonchev–Trinajstić information content (AvgIpc) is 2.83. The van der Waals surface area contributed by atoms with E-state index in [2.05, 4.69) is 20.7 Å². The number of nitrogen functional groups attached to an aromatic ring is 1. The second-order valence-electron chi connectivity index (χ2n) is 3.59. The standard InChI is InChI=1S/C11H11BrN2O2S2/c12-10-6-9(3-4-11(10)13)18(15,16)14-7-8-2-1-5-17-8/h1-6,14H,7,13H2. The molecule has 4 nitrogen and oxygen atoms in total. The lowest BCUT2D eigenvalue weighted by molar-refractivity contribution is 0.582. The fourth-order valence-corrected chi connectivity index (χ4v) is 3.64. The predicted octanol–water partition coefficient (Wildman–Crippen LogP) is 2.57. The Morgan fingerprint density at radius 2 is 2.11 bits per heavy atom. The molecule has 2 aromatic rings. The normalized spacial score (nSPS) is 11.6. The van der Waals surface area contributed by atoms with Gasteiger partial charge in [-0.1, -0.05) is 6.07 Å². The fraction of sp³-hybridized carbons (Fsp3) is 0.0909. The Balaban J connectivity index is 2.17. The van der Waals surface area contributed by atoms with E-state index in [1.54, 1.807) is 6.07 Å². The van der Waals surface area contributed by atoms with Gasteiger partial charge in [-0.15, -0.1) is 11.3 Å². The SMILES string of the molecule is Nc1ccc(S(=O)(=O)NCc2cccs2)cc1Br. The highest BCUT2D eigenvalue weighted by Gasteiger charge is 2.14. The number of sulfonamides is 1. The van der Waals surface area contributed by atoms with E-state index in [9.17, 15) is 8.42 Å². The van der Waals surface area contributed by atoms with Crippen molar-refractivity contribution in [2.45, 2.75) is 11.4 Å². The van der Waals surface area contributed by atoms with Gasteiger partial charge in [0.05, 0.1) is 4.90 Å². The number of nitrogens with two attached hydrogens (primary N) is 1. The van der Waals surface area contributed by atoms with E-state index in [1.807, 2.05) is 17.5 Å². The van der Waals surface area contributed by atoms with E-state index in [1.165, 1.54) is 23.5 Å². The van der Waals surface area contributed by atoms with E-state index < -0.39 is 10.0 Å². The summed E-state index contributed by atoms with van der Waals surface area (Å²) in [6.07, 6.45) is 0. The molecule has 0 atom stereocenters. The fourth-order valence-electron chi connectivity index (χ4n) is 1.34. The smallest absolute Gasteiger partial charge is 0.240 e. The number of hydrogen-bond donors (Lipinski definition) is 2. The van der Waals surface area contributed by atoms with Crippen LogP contribution in [0.3, 0.4) is 0 Å². The van der Waals surface area contributed by atoms with E-state index in [-0.39, 0.29) is 4.90 Å². The van der Waals surface area contributed by atoms with Crippen LogP contribution in [0.2, 0.25) is 0 Å². The van der Waals surface area contributed by atoms with E-state index in [0.717, 1.165) is 4.88 Å². The second kappa shape index (κ2) is 5.40. The topological polar surface area (TPSA) is 72.2 Å². The molecule has 0 saturated heterocycles. The van der Waals surface area contributed by atoms with Crippen molar-refractivity contribution in [3.8, 4) is 0 Å². The largest absolute Gasteiger partial charge is 0.398 e. The molecule has 3 N–H and O–H groups in total. The van der Waals surface area contributed by atoms with Crippen LogP contribution in [0, 0.1) is 0 Å². The van der Waals surface area contributed by atoms with Crippen molar-refractivity contribution in [3.05, 3.63) is 45.1 Å². The van der Waals surface area contributed by atoms with Crippen molar-refractivity contribution >= 4 is 43.0 Å². The van der Waals surface area contributed by atoms with E-state index >= 15 is 0 Å². The molecule has 2 rings (SSSR count). The second-order valence-corrected chi connectivity index (χ2v) is 7.24. The molecule has 0 bridgehead atoms. The summed E-state index contributed by atoms with van der Waals surface area (Å²) < 4.78 is 27.2. The molecular formula is C11H11BrN2O2S2. The van der Waals surface area contributed by atoms with Gasteiger partial charge in [-0.25, -0.2) is 13.1 Å². The first-order valence-corrected chi connectivity index (χ1v) is 8.22. The summed E-state index contributed by atoms with van der Waals surface area (Å²) in [5.41, 5.74) is 6.13. The molecule has 1 aromatic heterocycles. The van der Waals surface area contributed by atoms with Crippen molar-refractivity contribution in [3.63, 3.8) is 0 Å². The van der Waals surface area contributed by atoms with E-state index in [4.69, 9.17) is 5.73 Å². The Kier molecular flexibility index (Phi) is 4.06. The number of anilines is 1. The molecule has 0 radical (unpaired) electrons. The maximum absolute atomic E-state index is 12.0. The van der Waals surface area contributed by atoms with Crippen molar-refractivity contribution in [2.75, 3.05) is 5.73 Å². The van der Waals surface area contributed by atoms with Gasteiger partial charge in [0.25, 0.3) is 0 Å². The van der Waals surface area contributed by atoms with Crippen molar-refractivity contribution in [1.29, 1.82) is 0 Å². The zero-order chi connectivity index (χ0) is 13.2. The first-order valence-electron chi connectivity index (χ1n) is 5.06. The summed E-state index contributed by atoms with van der Waals surface area (Å²) >= 11 is 4.72. The predicted molar refractivity (Wildman–Crippen MR) is 76.9 cm³/mol. The summed E-state index contributed by atoms with van der Waals surface area (Å²) in [4.78, 5) is 1.16. The van der Waals surface area contributed by atoms with Gasteiger partial charge in [0.1, 0.15) is 0 Å². The van der Waals surface area contributed by atoms with Crippen LogP contribution in [0.25, 0.3) is 0 Å². The highest BCUT2D eigenvalue weighted by molar-refractivity contribution is 9.10. The molecule has 0 amide bonds. The summed E-state index contributed by atoms with van der Waals surface area (Å²) in [5, 5.41) is 1.91. The molecule has 0 aliphatic heterocycles. The van der Waals surface area contributed by atoms with Crippen LogP contribution in [-0.2, 0) is 16.6 Å². The van der Waals surface area contributed by atoms with Crippen LogP contribution in [0.15, 0.2) is 45.1 Å². The van der Waals surface area contributed by atoms with Gasteiger partial charge in [-0.2, -0.15) is 0 Å². The highest BCUT2D eigenvalue weighted by atomic mass is 79.9. The Hall–Kier alpha value is -0.890. The number of nitrogens with one attached hydrogen (secondary N) is 1. The molecule has 0 unspecified atom stereocenters. The van der Waals surface area contributed by atoms with Crippen LogP contribution < -0.4 is 10.5 Å². The lowest BCUT2D eigenvalue weighted by atomic mass is 10.3. The van der Waals surface area contributed by atoms with Gasteiger partial charge in [0.2, 0.25) is 10.0 Å². The Bertz CT molecular complexity index is 639. The van der Waals surface area contributed by atoms with Crippen LogP contribution in [0.4, 0.5) is 5.69 Å². The van der Waals surface area contributed by atoms with Crippen molar-refractivity contribution in [1.82, 2.24) is 4.72 Å². The molecule has 18 heavy (non-hydrogen) atoms. The van der Waals surface area contributed by atoms with E-state index in [0.29, 0.717) is 16.7 Å². The maximum Gasteiger partial charge on any atom is 0.240 e. The number of benzene rings is 1. The van der Waals surface area contributed by atoms with Gasteiger partial charge in [-0.05, 0) is 45.6 Å². The number of halogens is 1. The average molecular weight is 347 g/mol. The maximum atomic E-state index is 12.0. The molecule has 0 aliphatic carbocycles. The molecule has 96 valence electrons. The molecule has 0 saturated carbocycles. The molecule has 1 heterocycles. The van der Waals surface area contributed by atoms with Gasteiger partial charge in [0, 0.05) is 21.6 Å². The van der Waals surface area contributed by atoms with Gasteiger partial charge < -0.3 is 5.73 Å². The van der Waals surface area contributed by atoms with Crippen molar-refractivity contribution < 1.29 is 8.42 Å². The molecule has 1 aromatic carbocycles. The minimum absolute atomic E-state index is 0.195. The molecule has 7 heteroatoms. The monoisotopic (exact) mass is 346 g/mol. The summed E-state index contributed by atoms with van der Waals surface area (Å²) in [7, 11) is -3.50. The van der Waals surface area contributed by atoms with Crippen LogP contribution in [0.1, 0.15) is 4.88 Å². The van der Waals surface area contributed by atoms with Crippen LogP contribution in [-0.4, -0.2) is 8.42 Å². The van der Waals surface area contributed by atoms with Crippen LogP contribution >= 0.6 is 27.3 Å². The number of thiophene rings is 1. The lowest BCUT2D eigenvalue weighted by Gasteiger charge is -2.07. The first-order chi connectivity index (χ1) is 8.49. The minimum atomic E-state index is -3.50. The van der Waals surface area contributed by atoms with Crippen molar-refractivity contribution in [2.24, 2.45) is 0 Å². The quantitative estimate of drug-likeness (QED) is 0.835. The molecular weight excluding hydrogens is 336 g/mol. The van der Waals surface area contributed by atoms with Crippen LogP contribution in [0.5, 0.6) is 0 Å². The first kappa shape index (κ1) is 13.5. The Morgan fingerprint density at radius 3 is 2.72 bits per heavy atom. The third kappa shape index (κ3) is 3.11. The number of hydrogen-bond acceptors (Lipinski definition) is 4. The summed E-state index contributed by atoms with van der Waals surface area (Å²) in [6.45, 7) is 0.294. The Labute approximate surface area is 118 Å². The molecule has 0 spiro atoms. The molecule has 0 aliphatic rings. The zero-order valence-corrected chi connectivity index (χ0v) is 12.5. The summed E-state index contributed by atoms with van der Waals surface area (Å²) in [6, 6.07) is 8.30. The third-order valence-electron chi connectivity index (χ3n) is 2.30. The van der Waals surface area contributed by atoms with Gasteiger partial charge in [0.15, 0.2) is 0 Å². The third-order valence-corrected chi connectivity index (χ3v) is 5.26. The highest BCUT2D eigenvalue weighted by Crippen LogP contribution is 2.23. The van der Waals surface area contributed by atoms with Gasteiger partial charge in [-0.3, -0.25) is 0 Å². The summed E-state index contributed by atoms with van der Waals surface area (Å²) in [5.74, 6) is 0. The lowest BCUT2D eigenvalue weighted by Crippen LogP contribution is -2.22. The minimum Gasteiger partial charge on any atom is -0.398 e. The molecule has 0 fully saturated rings. The number of rotatable bonds is 4.